The molecule has 16 rings (SSSR count). The van der Waals surface area contributed by atoms with Gasteiger partial charge in [0, 0.05) is 5.41 Å². The Bertz CT molecular complexity index is 5570. The van der Waals surface area contributed by atoms with Crippen LogP contribution in [0, 0.1) is 35.8 Å². The molecule has 524 valence electrons. The molecule has 0 bridgehead atoms. The van der Waals surface area contributed by atoms with E-state index in [4.69, 9.17) is 51.0 Å². The fourth-order valence-electron chi connectivity index (χ4n) is 15.1. The smallest absolute Gasteiger partial charge is 0.270 e. The van der Waals surface area contributed by atoms with Crippen LogP contribution in [0.15, 0.2) is 315 Å². The van der Waals surface area contributed by atoms with Crippen molar-refractivity contribution in [1.29, 1.82) is 10.5 Å². The lowest BCUT2D eigenvalue weighted by Gasteiger charge is -2.31. The molecule has 0 radical (unpaired) electrons. The predicted molar refractivity (Wildman–Crippen MR) is 425 cm³/mol. The maximum absolute atomic E-state index is 11.2. The van der Waals surface area contributed by atoms with Gasteiger partial charge in [-0.1, -0.05) is 222 Å². The number of fused-ring (bicyclic) bond motifs is 4. The van der Waals surface area contributed by atoms with E-state index in [0.29, 0.717) is 35.8 Å². The molecule has 12 nitrogen and oxygen atoms in total. The third-order valence-corrected chi connectivity index (χ3v) is 20.1. The van der Waals surface area contributed by atoms with E-state index in [0.717, 1.165) is 66.8 Å². The van der Waals surface area contributed by atoms with E-state index < -0.39 is 16.2 Å². The summed E-state index contributed by atoms with van der Waals surface area (Å²) in [5, 5.41) is 22.3. The van der Waals surface area contributed by atoms with Crippen LogP contribution in [0.5, 0.6) is 92.0 Å². The van der Waals surface area contributed by atoms with Crippen LogP contribution in [-0.2, 0) is 16.2 Å². The van der Waals surface area contributed by atoms with Gasteiger partial charge in [-0.15, -0.1) is 0 Å². The van der Waals surface area contributed by atoms with Gasteiger partial charge in [0.25, 0.3) is 11.4 Å². The normalized spacial score (nSPS) is 13.9. The van der Waals surface area contributed by atoms with Gasteiger partial charge in [-0.25, -0.2) is 9.69 Å². The number of hydrogen-bond donors (Lipinski definition) is 0. The second kappa shape index (κ2) is 29.2. The van der Waals surface area contributed by atoms with Crippen molar-refractivity contribution in [3.8, 4) is 149 Å². The molecule has 0 aromatic heterocycles. The van der Waals surface area contributed by atoms with Crippen LogP contribution in [0.3, 0.4) is 0 Å². The van der Waals surface area contributed by atoms with Crippen molar-refractivity contribution < 1.29 is 37.9 Å². The van der Waals surface area contributed by atoms with Crippen LogP contribution in [0.25, 0.3) is 54.2 Å². The number of nitriles is 2. The zero-order valence-electron chi connectivity index (χ0n) is 60.0. The Morgan fingerprint density at radius 3 is 0.743 bits per heavy atom. The maximum atomic E-state index is 11.2. The molecule has 0 saturated heterocycles. The van der Waals surface area contributed by atoms with Crippen molar-refractivity contribution in [2.24, 2.45) is 0 Å². The number of ether oxygens (including phenoxy) is 8. The molecule has 0 heterocycles. The van der Waals surface area contributed by atoms with Gasteiger partial charge in [0.05, 0.1) is 13.1 Å². The number of hydrogen-bond acceptors (Lipinski definition) is 10. The first-order valence-corrected chi connectivity index (χ1v) is 35.7. The van der Waals surface area contributed by atoms with Gasteiger partial charge >= 0.3 is 0 Å². The highest BCUT2D eigenvalue weighted by molar-refractivity contribution is 5.75. The van der Waals surface area contributed by atoms with Crippen LogP contribution >= 0.6 is 0 Å². The summed E-state index contributed by atoms with van der Waals surface area (Å²) in [4.78, 5) is 8.10. The Morgan fingerprint density at radius 2 is 0.477 bits per heavy atom. The third-order valence-electron chi connectivity index (χ3n) is 20.1. The highest BCUT2D eigenvalue weighted by Crippen LogP contribution is 2.66. The van der Waals surface area contributed by atoms with Gasteiger partial charge in [0.15, 0.2) is 23.0 Å². The standard InChI is InChI=1S/C97H68N4O8/c1-95(2)61-97(79-57-91(107-84-34-20-32-82(76(84)60-99)103-72-49-41-68(42-50-72)64-25-13-8-14-26-64)89(55-77(79)95)106-83-33-19-31-81(75(83)59-98)102-71-47-39-67(40-48-71)63-23-11-7-12-24-63)62-96(3,4)78-56-90(108-87-37-21-35-85(93(87)100-5)104-73-51-43-69(44-52-73)65-27-15-9-16-28-65)92(58-80(78)97)109-88-38-22-36-86(94(88)101-6)105-74-53-45-70(46-54-74)66-29-17-10-18-30-66/h7-58H,61-62H2,1-4H3. The van der Waals surface area contributed by atoms with E-state index in [1.807, 2.05) is 243 Å². The van der Waals surface area contributed by atoms with Crippen molar-refractivity contribution in [1.82, 2.24) is 0 Å². The van der Waals surface area contributed by atoms with Crippen LogP contribution < -0.4 is 37.9 Å². The minimum Gasteiger partial charge on any atom is -0.468 e. The first-order chi connectivity index (χ1) is 53.2. The number of para-hydroxylation sites is 2. The zero-order chi connectivity index (χ0) is 74.6. The average Bonchev–Trinajstić information content (AvgIpc) is 1.52. The maximum Gasteiger partial charge on any atom is 0.270 e. The van der Waals surface area contributed by atoms with Crippen molar-refractivity contribution in [3.05, 3.63) is 372 Å². The highest BCUT2D eigenvalue weighted by Gasteiger charge is 2.57. The summed E-state index contributed by atoms with van der Waals surface area (Å²) >= 11 is 0. The predicted octanol–water partition coefficient (Wildman–Crippen LogP) is 27.2. The van der Waals surface area contributed by atoms with Crippen molar-refractivity contribution in [2.75, 3.05) is 0 Å². The molecule has 2 aliphatic rings. The van der Waals surface area contributed by atoms with Gasteiger partial charge in [0.1, 0.15) is 92.3 Å². The highest BCUT2D eigenvalue weighted by atomic mass is 16.5. The SMILES string of the molecule is [C-]#[N+]c1c(Oc2ccc(-c3ccccc3)cc2)cccc1Oc1cc2c(cc1Oc1cccc(Oc3ccc(-c4ccccc4)cc3)c1[N+]#[C-])C1(CC(C)(C)c3cc(Oc4cccc(Oc5ccc(-c6ccccc6)cc5)c4C#N)c(Oc4cccc(Oc5ccc(-c6ccccc6)cc5)c4C#N)cc31)CC2(C)C. The molecule has 0 fully saturated rings. The molecular weight excluding hydrogens is 1350 g/mol. The molecule has 1 spiro atoms. The lowest BCUT2D eigenvalue weighted by atomic mass is 9.72. The Kier molecular flexibility index (Phi) is 18.4. The number of benzene rings is 14. The molecule has 0 saturated carbocycles. The molecule has 0 N–H and O–H groups in total. The lowest BCUT2D eigenvalue weighted by Crippen LogP contribution is -2.27. The van der Waals surface area contributed by atoms with Crippen molar-refractivity contribution in [2.45, 2.75) is 56.8 Å². The van der Waals surface area contributed by atoms with Gasteiger partial charge in [-0.2, -0.15) is 10.5 Å². The third kappa shape index (κ3) is 13.9. The van der Waals surface area contributed by atoms with Crippen LogP contribution in [0.1, 0.15) is 73.9 Å². The fourth-order valence-corrected chi connectivity index (χ4v) is 15.1. The molecule has 14 aromatic rings. The molecule has 2 aliphatic carbocycles. The summed E-state index contributed by atoms with van der Waals surface area (Å²) in [7, 11) is 0. The summed E-state index contributed by atoms with van der Waals surface area (Å²) in [6.45, 7) is 26.3. The zero-order valence-corrected chi connectivity index (χ0v) is 60.0. The average molecular weight is 1420 g/mol. The van der Waals surface area contributed by atoms with Crippen molar-refractivity contribution >= 4 is 11.4 Å². The summed E-state index contributed by atoms with van der Waals surface area (Å²) < 4.78 is 54.6. The Balaban J connectivity index is 0.815. The summed E-state index contributed by atoms with van der Waals surface area (Å²) in [5.41, 5.74) is 10.7. The molecule has 0 aliphatic heterocycles. The van der Waals surface area contributed by atoms with Crippen LogP contribution in [0.2, 0.25) is 0 Å². The monoisotopic (exact) mass is 1420 g/mol. The number of nitrogens with zero attached hydrogens (tertiary/aromatic N) is 4. The van der Waals surface area contributed by atoms with E-state index in [9.17, 15) is 10.5 Å². The van der Waals surface area contributed by atoms with Gasteiger partial charge in [0.2, 0.25) is 0 Å². The summed E-state index contributed by atoms with van der Waals surface area (Å²) in [6, 6.07) is 105. The molecule has 109 heavy (non-hydrogen) atoms. The molecule has 1 atom stereocenters. The first kappa shape index (κ1) is 68.8. The van der Waals surface area contributed by atoms with Gasteiger partial charge in [-0.05, 0) is 212 Å². The quantitative estimate of drug-likeness (QED) is 0.0680. The van der Waals surface area contributed by atoms with E-state index in [1.54, 1.807) is 72.8 Å². The van der Waals surface area contributed by atoms with Gasteiger partial charge < -0.3 is 37.9 Å². The van der Waals surface area contributed by atoms with Crippen LogP contribution in [-0.4, -0.2) is 0 Å². The van der Waals surface area contributed by atoms with E-state index in [1.165, 1.54) is 0 Å². The molecule has 1 unspecified atom stereocenters. The summed E-state index contributed by atoms with van der Waals surface area (Å²) in [6.07, 6.45) is 1.18. The topological polar surface area (TPSA) is 130 Å². The van der Waals surface area contributed by atoms with E-state index in [2.05, 4.69) is 49.5 Å². The molecule has 0 amide bonds. The molecule has 12 heteroatoms. The van der Waals surface area contributed by atoms with E-state index >= 15 is 0 Å². The number of rotatable bonds is 20. The Hall–Kier alpha value is -14.6. The second-order valence-electron chi connectivity index (χ2n) is 28.2. The largest absolute Gasteiger partial charge is 0.468 e. The van der Waals surface area contributed by atoms with E-state index in [-0.39, 0.29) is 91.5 Å². The molecular formula is C97H68N4O8. The fraction of sp³-hybridized carbons (Fsp3) is 0.0928. The second-order valence-corrected chi connectivity index (χ2v) is 28.2. The Labute approximate surface area is 633 Å². The van der Waals surface area contributed by atoms with Crippen molar-refractivity contribution in [3.63, 3.8) is 0 Å². The summed E-state index contributed by atoms with van der Waals surface area (Å²) in [5.74, 6) is 5.09. The Morgan fingerprint density at radius 1 is 0.257 bits per heavy atom. The van der Waals surface area contributed by atoms with Crippen LogP contribution in [0.4, 0.5) is 11.4 Å². The first-order valence-electron chi connectivity index (χ1n) is 35.7. The minimum absolute atomic E-state index is 0.120. The molecule has 14 aromatic carbocycles. The minimum atomic E-state index is -0.785. The lowest BCUT2D eigenvalue weighted by molar-refractivity contribution is 0.349. The van der Waals surface area contributed by atoms with Gasteiger partial charge in [-0.3, -0.25) is 0 Å².